The fourth-order valence-corrected chi connectivity index (χ4v) is 7.50. The molecule has 0 saturated carbocycles. The number of hydrogen-bond acceptors (Lipinski definition) is 7. The maximum absolute atomic E-state index is 14.0. The number of fused-ring (bicyclic) bond motifs is 1. The summed E-state index contributed by atoms with van der Waals surface area (Å²) in [5.41, 5.74) is 14.4. The molecule has 1 aliphatic rings. The lowest BCUT2D eigenvalue weighted by molar-refractivity contribution is -0.161. The molecule has 1 heterocycles. The van der Waals surface area contributed by atoms with Crippen molar-refractivity contribution in [2.75, 3.05) is 6.54 Å². The smallest absolute Gasteiger partial charge is 0.331 e. The average Bonchev–Trinajstić information content (AvgIpc) is 2.98. The van der Waals surface area contributed by atoms with Crippen LogP contribution in [0.4, 0.5) is 0 Å². The molecule has 1 atom stereocenters. The monoisotopic (exact) mass is 634 g/mol. The maximum atomic E-state index is 14.0. The summed E-state index contributed by atoms with van der Waals surface area (Å²) in [6, 6.07) is 16.5. The molecule has 0 bridgehead atoms. The van der Waals surface area contributed by atoms with Crippen LogP contribution in [-0.2, 0) is 30.8 Å². The van der Waals surface area contributed by atoms with Crippen LogP contribution in [0.15, 0.2) is 70.6 Å². The summed E-state index contributed by atoms with van der Waals surface area (Å²) in [5.74, 6) is -2.15. The van der Waals surface area contributed by atoms with Crippen LogP contribution in [0.25, 0.3) is 0 Å². The third kappa shape index (κ3) is 7.90. The molecule has 1 aliphatic heterocycles. The van der Waals surface area contributed by atoms with Crippen molar-refractivity contribution in [3.63, 3.8) is 0 Å². The molecular weight excluding hydrogens is 592 g/mol. The number of benzene rings is 3. The largest absolute Gasteiger partial charge is 0.487 e. The summed E-state index contributed by atoms with van der Waals surface area (Å²) < 4.78 is 42.3. The van der Waals surface area contributed by atoms with Gasteiger partial charge in [0.25, 0.3) is 0 Å². The zero-order valence-electron chi connectivity index (χ0n) is 26.4. The molecule has 0 spiro atoms. The van der Waals surface area contributed by atoms with Crippen LogP contribution < -0.4 is 20.9 Å². The number of nitrogens with one attached hydrogen (secondary N) is 1. The van der Waals surface area contributed by atoms with Crippen molar-refractivity contribution in [2.24, 2.45) is 16.5 Å². The highest BCUT2D eigenvalue weighted by molar-refractivity contribution is 7.89. The number of aliphatic imine (C=N–C) groups is 1. The Morgan fingerprint density at radius 1 is 0.933 bits per heavy atom. The molecular formula is C34H42N4O6S. The van der Waals surface area contributed by atoms with E-state index >= 15 is 0 Å². The number of hydrogen-bond donors (Lipinski definition) is 3. The van der Waals surface area contributed by atoms with Crippen molar-refractivity contribution in [3.05, 3.63) is 94.0 Å². The number of nitrogens with zero attached hydrogens (tertiary/aromatic N) is 1. The molecule has 11 heteroatoms. The van der Waals surface area contributed by atoms with E-state index in [0.717, 1.165) is 17.5 Å². The lowest BCUT2D eigenvalue weighted by Gasteiger charge is -2.35. The highest BCUT2D eigenvalue weighted by atomic mass is 32.2. The standard InChI is InChI=1S/C34H42N4O6S/c1-21-22(2)30(23(3)26-18-19-34(4,5)44-29(21)26)45(41,42)38-27(17-12-20-37-33(35)36)31(39)43-32(40)28(24-13-8-6-9-14-24)25-15-10-7-11-16-25/h6-11,13-16,27-28,38H,12,17-20H2,1-5H3,(H4,35,36,37)/t27-/m0/s1. The summed E-state index contributed by atoms with van der Waals surface area (Å²) in [4.78, 5) is 31.2. The summed E-state index contributed by atoms with van der Waals surface area (Å²) in [5, 5.41) is 0. The van der Waals surface area contributed by atoms with E-state index < -0.39 is 33.9 Å². The molecule has 0 aliphatic carbocycles. The molecule has 5 N–H and O–H groups in total. The molecule has 0 fully saturated rings. The van der Waals surface area contributed by atoms with Crippen molar-refractivity contribution >= 4 is 27.9 Å². The Bertz CT molecular complexity index is 1650. The number of ether oxygens (including phenoxy) is 2. The number of sulfonamides is 1. The Morgan fingerprint density at radius 2 is 1.51 bits per heavy atom. The number of carbonyl (C=O) groups excluding carboxylic acids is 2. The first-order valence-electron chi connectivity index (χ1n) is 15.0. The summed E-state index contributed by atoms with van der Waals surface area (Å²) in [6.45, 7) is 9.48. The lowest BCUT2D eigenvalue weighted by atomic mass is 9.88. The van der Waals surface area contributed by atoms with Crippen LogP contribution >= 0.6 is 0 Å². The SMILES string of the molecule is Cc1c(C)c(S(=O)(=O)N[C@@H](CCCN=C(N)N)C(=O)OC(=O)C(c2ccccc2)c2ccccc2)c(C)c2c1OC(C)(C)CC2. The zero-order chi connectivity index (χ0) is 32.9. The molecule has 3 aromatic carbocycles. The minimum Gasteiger partial charge on any atom is -0.487 e. The maximum Gasteiger partial charge on any atom is 0.331 e. The van der Waals surface area contributed by atoms with Gasteiger partial charge in [0.1, 0.15) is 23.3 Å². The number of nitrogens with two attached hydrogens (primary N) is 2. The molecule has 240 valence electrons. The van der Waals surface area contributed by atoms with Gasteiger partial charge in [0, 0.05) is 6.54 Å². The summed E-state index contributed by atoms with van der Waals surface area (Å²) >= 11 is 0. The van der Waals surface area contributed by atoms with Gasteiger partial charge in [-0.15, -0.1) is 0 Å². The van der Waals surface area contributed by atoms with E-state index in [9.17, 15) is 18.0 Å². The molecule has 4 rings (SSSR count). The Morgan fingerprint density at radius 3 is 2.07 bits per heavy atom. The fourth-order valence-electron chi connectivity index (χ4n) is 5.71. The molecule has 0 unspecified atom stereocenters. The summed E-state index contributed by atoms with van der Waals surface area (Å²) in [6.07, 6.45) is 1.61. The average molecular weight is 635 g/mol. The first-order chi connectivity index (χ1) is 21.2. The topological polar surface area (TPSA) is 163 Å². The van der Waals surface area contributed by atoms with E-state index in [4.69, 9.17) is 20.9 Å². The van der Waals surface area contributed by atoms with E-state index in [2.05, 4.69) is 9.71 Å². The van der Waals surface area contributed by atoms with Gasteiger partial charge in [-0.05, 0) is 93.7 Å². The van der Waals surface area contributed by atoms with E-state index in [1.807, 2.05) is 32.9 Å². The van der Waals surface area contributed by atoms with Gasteiger partial charge in [-0.1, -0.05) is 60.7 Å². The molecule has 0 radical (unpaired) electrons. The van der Waals surface area contributed by atoms with Crippen LogP contribution in [0.5, 0.6) is 5.75 Å². The van der Waals surface area contributed by atoms with Crippen molar-refractivity contribution in [3.8, 4) is 5.75 Å². The van der Waals surface area contributed by atoms with Crippen molar-refractivity contribution in [1.29, 1.82) is 0 Å². The van der Waals surface area contributed by atoms with Gasteiger partial charge in [-0.3, -0.25) is 9.79 Å². The second kappa shape index (κ2) is 13.8. The minimum absolute atomic E-state index is 0.0111. The zero-order valence-corrected chi connectivity index (χ0v) is 27.2. The Hall–Kier alpha value is -4.22. The minimum atomic E-state index is -4.27. The van der Waals surface area contributed by atoms with Gasteiger partial charge in [0.2, 0.25) is 10.0 Å². The Balaban J connectivity index is 1.66. The Kier molecular flexibility index (Phi) is 10.3. The van der Waals surface area contributed by atoms with Crippen molar-refractivity contribution in [2.45, 2.75) is 82.8 Å². The van der Waals surface area contributed by atoms with Crippen LogP contribution in [0, 0.1) is 20.8 Å². The second-order valence-electron chi connectivity index (χ2n) is 12.0. The predicted octanol–water partition coefficient (Wildman–Crippen LogP) is 4.32. The van der Waals surface area contributed by atoms with E-state index in [1.165, 1.54) is 0 Å². The predicted molar refractivity (Wildman–Crippen MR) is 174 cm³/mol. The number of guanidine groups is 1. The van der Waals surface area contributed by atoms with E-state index in [0.29, 0.717) is 34.4 Å². The molecule has 45 heavy (non-hydrogen) atoms. The second-order valence-corrected chi connectivity index (χ2v) is 13.6. The van der Waals surface area contributed by atoms with Crippen LogP contribution in [-0.4, -0.2) is 44.5 Å². The quantitative estimate of drug-likeness (QED) is 0.0923. The van der Waals surface area contributed by atoms with Gasteiger partial charge in [0.15, 0.2) is 5.96 Å². The third-order valence-electron chi connectivity index (χ3n) is 8.17. The van der Waals surface area contributed by atoms with Gasteiger partial charge >= 0.3 is 11.9 Å². The van der Waals surface area contributed by atoms with Crippen molar-refractivity contribution in [1.82, 2.24) is 4.72 Å². The Labute approximate surface area is 265 Å². The first-order valence-corrected chi connectivity index (χ1v) is 16.4. The highest BCUT2D eigenvalue weighted by Gasteiger charge is 2.36. The first kappa shape index (κ1) is 33.7. The van der Waals surface area contributed by atoms with Gasteiger partial charge in [-0.25, -0.2) is 13.2 Å². The summed E-state index contributed by atoms with van der Waals surface area (Å²) in [7, 11) is -4.27. The molecule has 10 nitrogen and oxygen atoms in total. The van der Waals surface area contributed by atoms with Gasteiger partial charge < -0.3 is 20.9 Å². The van der Waals surface area contributed by atoms with E-state index in [-0.39, 0.29) is 35.8 Å². The highest BCUT2D eigenvalue weighted by Crippen LogP contribution is 2.42. The molecule has 3 aromatic rings. The van der Waals surface area contributed by atoms with Crippen LogP contribution in [0.1, 0.15) is 72.4 Å². The van der Waals surface area contributed by atoms with Crippen LogP contribution in [0.3, 0.4) is 0 Å². The van der Waals surface area contributed by atoms with E-state index in [1.54, 1.807) is 62.4 Å². The normalized spacial score (nSPS) is 14.6. The number of rotatable bonds is 11. The lowest BCUT2D eigenvalue weighted by Crippen LogP contribution is -2.43. The molecule has 0 aromatic heterocycles. The van der Waals surface area contributed by atoms with Crippen LogP contribution in [0.2, 0.25) is 0 Å². The number of esters is 2. The van der Waals surface area contributed by atoms with Crippen molar-refractivity contribution < 1.29 is 27.5 Å². The van der Waals surface area contributed by atoms with Gasteiger partial charge in [-0.2, -0.15) is 4.72 Å². The number of carbonyl (C=O) groups is 2. The fraction of sp³-hybridized carbons (Fsp3) is 0.382. The third-order valence-corrected chi connectivity index (χ3v) is 9.91. The van der Waals surface area contributed by atoms with Gasteiger partial charge in [0.05, 0.1) is 4.90 Å². The molecule has 0 amide bonds. The molecule has 0 saturated heterocycles.